The number of rotatable bonds is 4. The van der Waals surface area contributed by atoms with Crippen molar-refractivity contribution in [2.45, 2.75) is 19.4 Å². The predicted octanol–water partition coefficient (Wildman–Crippen LogP) is 2.76. The maximum Gasteiger partial charge on any atom is 0.354 e. The van der Waals surface area contributed by atoms with Gasteiger partial charge in [0.2, 0.25) is 0 Å². The standard InChI is InChI=1S/C15H14N2O2/c1-3-10(4-2)16-13-9-14(15(18)19)17-12-8-6-5-7-11(12)13/h1,5-10H,4H2,2H3,(H,16,17)(H,18,19). The number of benzene rings is 1. The van der Waals surface area contributed by atoms with Crippen LogP contribution < -0.4 is 5.32 Å². The lowest BCUT2D eigenvalue weighted by Crippen LogP contribution is -2.16. The van der Waals surface area contributed by atoms with E-state index in [-0.39, 0.29) is 11.7 Å². The normalized spacial score (nSPS) is 11.8. The van der Waals surface area contributed by atoms with E-state index in [1.54, 1.807) is 6.07 Å². The molecule has 0 amide bonds. The first kappa shape index (κ1) is 12.9. The van der Waals surface area contributed by atoms with Gasteiger partial charge >= 0.3 is 5.97 Å². The zero-order valence-electron chi connectivity index (χ0n) is 10.6. The van der Waals surface area contributed by atoms with Crippen LogP contribution in [0.15, 0.2) is 30.3 Å². The summed E-state index contributed by atoms with van der Waals surface area (Å²) in [6.07, 6.45) is 6.19. The number of aromatic nitrogens is 1. The third kappa shape index (κ3) is 2.66. The highest BCUT2D eigenvalue weighted by atomic mass is 16.4. The van der Waals surface area contributed by atoms with E-state index in [9.17, 15) is 4.79 Å². The number of nitrogens with zero attached hydrogens (tertiary/aromatic N) is 1. The molecule has 0 bridgehead atoms. The molecular formula is C15H14N2O2. The Hall–Kier alpha value is -2.54. The summed E-state index contributed by atoms with van der Waals surface area (Å²) in [4.78, 5) is 15.2. The minimum absolute atomic E-state index is 0.00748. The number of carboxylic acids is 1. The number of terminal acetylenes is 1. The van der Waals surface area contributed by atoms with E-state index < -0.39 is 5.97 Å². The zero-order chi connectivity index (χ0) is 13.8. The molecule has 0 saturated heterocycles. The molecule has 0 spiro atoms. The fourth-order valence-corrected chi connectivity index (χ4v) is 1.85. The average molecular weight is 254 g/mol. The van der Waals surface area contributed by atoms with Crippen LogP contribution in [0, 0.1) is 12.3 Å². The van der Waals surface area contributed by atoms with Crippen molar-refractivity contribution in [2.75, 3.05) is 5.32 Å². The number of nitrogens with one attached hydrogen (secondary N) is 1. The lowest BCUT2D eigenvalue weighted by Gasteiger charge is -2.15. The van der Waals surface area contributed by atoms with Crippen molar-refractivity contribution in [3.05, 3.63) is 36.0 Å². The summed E-state index contributed by atoms with van der Waals surface area (Å²) in [5.41, 5.74) is 1.35. The van der Waals surface area contributed by atoms with Gasteiger partial charge in [-0.15, -0.1) is 6.42 Å². The largest absolute Gasteiger partial charge is 0.477 e. The van der Waals surface area contributed by atoms with Crippen LogP contribution in [0.2, 0.25) is 0 Å². The first-order valence-corrected chi connectivity index (χ1v) is 6.01. The number of para-hydroxylation sites is 1. The van der Waals surface area contributed by atoms with Crippen molar-refractivity contribution in [2.24, 2.45) is 0 Å². The Morgan fingerprint density at radius 1 is 1.53 bits per heavy atom. The Morgan fingerprint density at radius 3 is 2.89 bits per heavy atom. The average Bonchev–Trinajstić information content (AvgIpc) is 2.44. The second kappa shape index (κ2) is 5.40. The molecule has 2 rings (SSSR count). The molecule has 0 fully saturated rings. The van der Waals surface area contributed by atoms with Crippen molar-refractivity contribution in [3.63, 3.8) is 0 Å². The number of pyridine rings is 1. The van der Waals surface area contributed by atoms with Crippen molar-refractivity contribution in [1.29, 1.82) is 0 Å². The van der Waals surface area contributed by atoms with E-state index in [0.717, 1.165) is 11.8 Å². The molecule has 1 aromatic heterocycles. The first-order valence-electron chi connectivity index (χ1n) is 6.01. The molecule has 2 aromatic rings. The second-order valence-electron chi connectivity index (χ2n) is 4.15. The smallest absolute Gasteiger partial charge is 0.354 e. The Bertz CT molecular complexity index is 659. The summed E-state index contributed by atoms with van der Waals surface area (Å²) >= 11 is 0. The Kier molecular flexibility index (Phi) is 3.67. The second-order valence-corrected chi connectivity index (χ2v) is 4.15. The quantitative estimate of drug-likeness (QED) is 0.823. The summed E-state index contributed by atoms with van der Waals surface area (Å²) in [5, 5.41) is 13.1. The molecule has 1 unspecified atom stereocenters. The molecule has 19 heavy (non-hydrogen) atoms. The maximum atomic E-state index is 11.1. The lowest BCUT2D eigenvalue weighted by molar-refractivity contribution is 0.0691. The third-order valence-electron chi connectivity index (χ3n) is 2.87. The number of aromatic carboxylic acids is 1. The third-order valence-corrected chi connectivity index (χ3v) is 2.87. The molecule has 4 heteroatoms. The number of carbonyl (C=O) groups is 1. The summed E-state index contributed by atoms with van der Waals surface area (Å²) in [5.74, 6) is 1.58. The number of fused-ring (bicyclic) bond motifs is 1. The van der Waals surface area contributed by atoms with Crippen molar-refractivity contribution < 1.29 is 9.90 Å². The predicted molar refractivity (Wildman–Crippen MR) is 75.2 cm³/mol. The van der Waals surface area contributed by atoms with E-state index in [1.807, 2.05) is 25.1 Å². The summed E-state index contributed by atoms with van der Waals surface area (Å²) in [7, 11) is 0. The molecule has 0 aliphatic rings. The van der Waals surface area contributed by atoms with Gasteiger partial charge in [-0.05, 0) is 18.6 Å². The van der Waals surface area contributed by atoms with Gasteiger partial charge in [-0.3, -0.25) is 0 Å². The number of hydrogen-bond donors (Lipinski definition) is 2. The van der Waals surface area contributed by atoms with Gasteiger partial charge in [-0.2, -0.15) is 0 Å². The van der Waals surface area contributed by atoms with E-state index in [1.165, 1.54) is 6.07 Å². The summed E-state index contributed by atoms with van der Waals surface area (Å²) < 4.78 is 0. The fraction of sp³-hybridized carbons (Fsp3) is 0.200. The molecule has 2 N–H and O–H groups in total. The Balaban J connectivity index is 2.57. The fourth-order valence-electron chi connectivity index (χ4n) is 1.85. The van der Waals surface area contributed by atoms with Crippen LogP contribution in [0.1, 0.15) is 23.8 Å². The van der Waals surface area contributed by atoms with Gasteiger partial charge in [0, 0.05) is 11.1 Å². The topological polar surface area (TPSA) is 62.2 Å². The van der Waals surface area contributed by atoms with Crippen molar-refractivity contribution >= 4 is 22.6 Å². The minimum atomic E-state index is -1.05. The molecule has 0 radical (unpaired) electrons. The SMILES string of the molecule is C#CC(CC)Nc1cc(C(=O)O)nc2ccccc12. The molecule has 4 nitrogen and oxygen atoms in total. The summed E-state index contributed by atoms with van der Waals surface area (Å²) in [6.45, 7) is 1.97. The van der Waals surface area contributed by atoms with E-state index >= 15 is 0 Å². The van der Waals surface area contributed by atoms with Gasteiger partial charge in [0.05, 0.1) is 11.6 Å². The Labute approximate surface area is 111 Å². The molecule has 0 aliphatic carbocycles. The number of anilines is 1. The highest BCUT2D eigenvalue weighted by Crippen LogP contribution is 2.24. The van der Waals surface area contributed by atoms with Crippen molar-refractivity contribution in [3.8, 4) is 12.3 Å². The summed E-state index contributed by atoms with van der Waals surface area (Å²) in [6, 6.07) is 8.76. The van der Waals surface area contributed by atoms with Gasteiger partial charge in [0.1, 0.15) is 0 Å². The molecule has 1 aromatic carbocycles. The molecule has 1 atom stereocenters. The number of hydrogen-bond acceptors (Lipinski definition) is 3. The van der Waals surface area contributed by atoms with E-state index in [4.69, 9.17) is 11.5 Å². The molecule has 1 heterocycles. The van der Waals surface area contributed by atoms with Crippen LogP contribution in [-0.2, 0) is 0 Å². The Morgan fingerprint density at radius 2 is 2.26 bits per heavy atom. The van der Waals surface area contributed by atoms with Gasteiger partial charge in [-0.25, -0.2) is 9.78 Å². The van der Waals surface area contributed by atoms with Gasteiger partial charge in [-0.1, -0.05) is 31.0 Å². The monoisotopic (exact) mass is 254 g/mol. The molecule has 0 aliphatic heterocycles. The lowest BCUT2D eigenvalue weighted by atomic mass is 10.1. The van der Waals surface area contributed by atoms with Crippen LogP contribution >= 0.6 is 0 Å². The van der Waals surface area contributed by atoms with Gasteiger partial charge in [0.15, 0.2) is 5.69 Å². The highest BCUT2D eigenvalue weighted by molar-refractivity contribution is 5.97. The van der Waals surface area contributed by atoms with Crippen molar-refractivity contribution in [1.82, 2.24) is 4.98 Å². The van der Waals surface area contributed by atoms with E-state index in [2.05, 4.69) is 16.2 Å². The van der Waals surface area contributed by atoms with Gasteiger partial charge in [0.25, 0.3) is 0 Å². The minimum Gasteiger partial charge on any atom is -0.477 e. The molecular weight excluding hydrogens is 240 g/mol. The van der Waals surface area contributed by atoms with Crippen LogP contribution in [0.5, 0.6) is 0 Å². The van der Waals surface area contributed by atoms with Crippen LogP contribution in [0.3, 0.4) is 0 Å². The van der Waals surface area contributed by atoms with E-state index in [0.29, 0.717) is 11.2 Å². The molecule has 96 valence electrons. The highest BCUT2D eigenvalue weighted by Gasteiger charge is 2.12. The van der Waals surface area contributed by atoms with Crippen LogP contribution in [0.4, 0.5) is 5.69 Å². The molecule has 0 saturated carbocycles. The maximum absolute atomic E-state index is 11.1. The van der Waals surface area contributed by atoms with Gasteiger partial charge < -0.3 is 10.4 Å². The zero-order valence-corrected chi connectivity index (χ0v) is 10.6. The van der Waals surface area contributed by atoms with Crippen LogP contribution in [0.25, 0.3) is 10.9 Å². The van der Waals surface area contributed by atoms with Crippen LogP contribution in [-0.4, -0.2) is 22.1 Å². The first-order chi connectivity index (χ1) is 9.15. The number of carboxylic acid groups (broad SMARTS) is 1.